The van der Waals surface area contributed by atoms with Crippen LogP contribution in [0.1, 0.15) is 12.5 Å². The maximum Gasteiger partial charge on any atom is 0.337 e. The largest absolute Gasteiger partial charge is 0.461 e. The normalized spacial score (nSPS) is 14.3. The van der Waals surface area contributed by atoms with Crippen molar-refractivity contribution in [3.63, 3.8) is 0 Å². The van der Waals surface area contributed by atoms with E-state index >= 15 is 0 Å². The summed E-state index contributed by atoms with van der Waals surface area (Å²) < 4.78 is 23.6. The number of carbonyl (C=O) groups is 1. The van der Waals surface area contributed by atoms with E-state index in [2.05, 4.69) is 0 Å². The Labute approximate surface area is 163 Å². The van der Waals surface area contributed by atoms with Crippen LogP contribution >= 0.6 is 18.0 Å². The lowest BCUT2D eigenvalue weighted by Gasteiger charge is -2.18. The van der Waals surface area contributed by atoms with Gasteiger partial charge in [0.1, 0.15) is 12.4 Å². The molecule has 2 unspecified atom stereocenters. The lowest BCUT2D eigenvalue weighted by Crippen LogP contribution is -2.18. The topological polar surface area (TPSA) is 52.6 Å². The molecule has 0 aliphatic rings. The molecule has 0 fully saturated rings. The molecule has 2 atom stereocenters. The van der Waals surface area contributed by atoms with Crippen molar-refractivity contribution in [1.29, 1.82) is 0 Å². The van der Waals surface area contributed by atoms with Gasteiger partial charge in [0.05, 0.1) is 12.1 Å². The summed E-state index contributed by atoms with van der Waals surface area (Å²) in [6, 6.07) is 22.4. The number of rotatable bonds is 7. The van der Waals surface area contributed by atoms with Crippen LogP contribution < -0.4 is 4.52 Å². The zero-order valence-electron chi connectivity index (χ0n) is 14.9. The maximum absolute atomic E-state index is 12.8. The van der Waals surface area contributed by atoms with Crippen molar-refractivity contribution >= 4 is 34.7 Å². The minimum absolute atomic E-state index is 0.106. The first-order valence-corrected chi connectivity index (χ1v) is 11.3. The fourth-order valence-electron chi connectivity index (χ4n) is 2.73. The van der Waals surface area contributed by atoms with Gasteiger partial charge in [-0.05, 0) is 28.3 Å². The molecule has 3 aromatic carbocycles. The molecule has 140 valence electrons. The van der Waals surface area contributed by atoms with Crippen LogP contribution in [0, 0.1) is 5.92 Å². The number of esters is 1. The molecule has 0 saturated heterocycles. The van der Waals surface area contributed by atoms with Crippen molar-refractivity contribution in [3.8, 4) is 5.75 Å². The number of benzene rings is 3. The Kier molecular flexibility index (Phi) is 6.20. The van der Waals surface area contributed by atoms with Gasteiger partial charge in [0.25, 0.3) is 0 Å². The summed E-state index contributed by atoms with van der Waals surface area (Å²) in [5, 5.41) is 1.78. The third-order valence-corrected chi connectivity index (χ3v) is 6.18. The monoisotopic (exact) mass is 402 g/mol. The Morgan fingerprint density at radius 2 is 1.67 bits per heavy atom. The summed E-state index contributed by atoms with van der Waals surface area (Å²) in [5.74, 6) is -0.662. The van der Waals surface area contributed by atoms with Gasteiger partial charge in [-0.15, -0.1) is 0 Å². The molecule has 4 nitrogen and oxygen atoms in total. The average molecular weight is 403 g/mol. The predicted molar refractivity (Wildman–Crippen MR) is 108 cm³/mol. The van der Waals surface area contributed by atoms with E-state index in [4.69, 9.17) is 20.5 Å². The van der Waals surface area contributed by atoms with Gasteiger partial charge >= 0.3 is 12.7 Å². The molecule has 3 aromatic rings. The molecule has 0 N–H and O–H groups in total. The Morgan fingerprint density at radius 3 is 2.44 bits per heavy atom. The number of hydrogen-bond donors (Lipinski definition) is 0. The highest BCUT2D eigenvalue weighted by Crippen LogP contribution is 2.54. The van der Waals surface area contributed by atoms with E-state index in [0.717, 1.165) is 16.3 Å². The Hall–Kier alpha value is -2.29. The van der Waals surface area contributed by atoms with Crippen molar-refractivity contribution in [1.82, 2.24) is 0 Å². The van der Waals surface area contributed by atoms with Crippen LogP contribution in [-0.2, 0) is 20.7 Å². The van der Waals surface area contributed by atoms with E-state index in [0.29, 0.717) is 5.75 Å². The molecular weight excluding hydrogens is 383 g/mol. The lowest BCUT2D eigenvalue weighted by atomic mass is 10.1. The van der Waals surface area contributed by atoms with Crippen LogP contribution in [0.25, 0.3) is 10.8 Å². The Bertz CT molecular complexity index is 969. The van der Waals surface area contributed by atoms with Gasteiger partial charge in [-0.2, -0.15) is 0 Å². The van der Waals surface area contributed by atoms with Crippen LogP contribution in [0.5, 0.6) is 5.75 Å². The fraction of sp³-hybridized carbons (Fsp3) is 0.190. The molecule has 0 radical (unpaired) electrons. The van der Waals surface area contributed by atoms with Crippen LogP contribution in [0.2, 0.25) is 0 Å². The second kappa shape index (κ2) is 8.60. The van der Waals surface area contributed by atoms with Gasteiger partial charge in [0.2, 0.25) is 0 Å². The summed E-state index contributed by atoms with van der Waals surface area (Å²) in [5.41, 5.74) is 0.888. The van der Waals surface area contributed by atoms with Crippen molar-refractivity contribution in [2.45, 2.75) is 13.5 Å². The van der Waals surface area contributed by atoms with Gasteiger partial charge in [0, 0.05) is 5.39 Å². The Morgan fingerprint density at radius 1 is 1.00 bits per heavy atom. The lowest BCUT2D eigenvalue weighted by molar-refractivity contribution is -0.148. The number of carbonyl (C=O) groups excluding carboxylic acids is 1. The van der Waals surface area contributed by atoms with Crippen molar-refractivity contribution in [2.24, 2.45) is 5.92 Å². The van der Waals surface area contributed by atoms with E-state index in [1.165, 1.54) is 0 Å². The van der Waals surface area contributed by atoms with E-state index in [-0.39, 0.29) is 12.8 Å². The molecule has 0 spiro atoms. The first-order valence-electron chi connectivity index (χ1n) is 8.61. The molecule has 0 amide bonds. The summed E-state index contributed by atoms with van der Waals surface area (Å²) in [7, 11) is 0. The molecule has 0 heterocycles. The zero-order valence-corrected chi connectivity index (χ0v) is 16.5. The van der Waals surface area contributed by atoms with Gasteiger partial charge in [-0.3, -0.25) is 9.36 Å². The zero-order chi connectivity index (χ0) is 19.3. The summed E-state index contributed by atoms with van der Waals surface area (Å²) in [6.07, 6.45) is -0.106. The number of hydrogen-bond acceptors (Lipinski definition) is 4. The summed E-state index contributed by atoms with van der Waals surface area (Å²) >= 11 is 6.15. The van der Waals surface area contributed by atoms with Crippen molar-refractivity contribution in [3.05, 3.63) is 78.4 Å². The molecule has 0 aromatic heterocycles. The molecule has 6 heteroatoms. The molecule has 0 bridgehead atoms. The third kappa shape index (κ3) is 5.35. The second-order valence-corrected chi connectivity index (χ2v) is 9.61. The first kappa shape index (κ1) is 19.5. The number of fused-ring (bicyclic) bond motifs is 1. The highest BCUT2D eigenvalue weighted by atomic mass is 35.7. The molecule has 0 aliphatic carbocycles. The number of halogens is 1. The molecule has 3 rings (SSSR count). The number of ether oxygens (including phenoxy) is 1. The molecule has 0 saturated carbocycles. The van der Waals surface area contributed by atoms with Gasteiger partial charge in [0.15, 0.2) is 0 Å². The Balaban J connectivity index is 1.63. The van der Waals surface area contributed by atoms with Crippen LogP contribution in [-0.4, -0.2) is 12.1 Å². The third-order valence-electron chi connectivity index (χ3n) is 4.10. The second-order valence-electron chi connectivity index (χ2n) is 6.34. The molecule has 0 aliphatic heterocycles. The van der Waals surface area contributed by atoms with Gasteiger partial charge in [-0.1, -0.05) is 73.7 Å². The highest BCUT2D eigenvalue weighted by Gasteiger charge is 2.29. The summed E-state index contributed by atoms with van der Waals surface area (Å²) in [4.78, 5) is 12.2. The van der Waals surface area contributed by atoms with Crippen molar-refractivity contribution in [2.75, 3.05) is 6.16 Å². The molecular formula is C21H20ClO4P. The van der Waals surface area contributed by atoms with Crippen molar-refractivity contribution < 1.29 is 18.6 Å². The predicted octanol–water partition coefficient (Wildman–Crippen LogP) is 6.03. The fourth-order valence-corrected chi connectivity index (χ4v) is 4.91. The minimum atomic E-state index is -3.55. The van der Waals surface area contributed by atoms with Gasteiger partial charge in [-0.25, -0.2) is 0 Å². The molecule has 27 heavy (non-hydrogen) atoms. The minimum Gasteiger partial charge on any atom is -0.461 e. The standard InChI is InChI=1S/C21H20ClO4P/c1-16(21(23)25-14-17-8-3-2-4-9-17)15-27(22,24)26-20-13-7-11-18-10-5-6-12-19(18)20/h2-13,16H,14-15H2,1H3. The maximum atomic E-state index is 12.8. The summed E-state index contributed by atoms with van der Waals surface area (Å²) in [6.45, 7) is -1.75. The quantitative estimate of drug-likeness (QED) is 0.357. The van der Waals surface area contributed by atoms with Crippen LogP contribution in [0.3, 0.4) is 0 Å². The van der Waals surface area contributed by atoms with Crippen LogP contribution in [0.4, 0.5) is 0 Å². The highest BCUT2D eigenvalue weighted by molar-refractivity contribution is 7.85. The van der Waals surface area contributed by atoms with Crippen LogP contribution in [0.15, 0.2) is 72.8 Å². The van der Waals surface area contributed by atoms with E-state index < -0.39 is 18.6 Å². The van der Waals surface area contributed by atoms with Gasteiger partial charge < -0.3 is 9.26 Å². The first-order chi connectivity index (χ1) is 12.9. The van der Waals surface area contributed by atoms with E-state index in [1.54, 1.807) is 13.0 Å². The van der Waals surface area contributed by atoms with E-state index in [1.807, 2.05) is 66.7 Å². The van der Waals surface area contributed by atoms with E-state index in [9.17, 15) is 9.36 Å². The smallest absolute Gasteiger partial charge is 0.337 e. The average Bonchev–Trinajstić information content (AvgIpc) is 2.66. The SMILES string of the molecule is CC(CP(=O)(Cl)Oc1cccc2ccccc12)C(=O)OCc1ccccc1.